The van der Waals surface area contributed by atoms with Gasteiger partial charge in [0.05, 0.1) is 11.4 Å². The Morgan fingerprint density at radius 2 is 1.93 bits per heavy atom. The summed E-state index contributed by atoms with van der Waals surface area (Å²) >= 11 is 12.5. The van der Waals surface area contributed by atoms with Gasteiger partial charge in [-0.25, -0.2) is 4.68 Å². The van der Waals surface area contributed by atoms with E-state index in [9.17, 15) is 10.1 Å². The number of carbonyl (C=O) groups excluding carboxylic acids is 1. The van der Waals surface area contributed by atoms with Crippen LogP contribution in [-0.2, 0) is 4.79 Å². The van der Waals surface area contributed by atoms with Crippen LogP contribution in [-0.4, -0.2) is 15.7 Å². The van der Waals surface area contributed by atoms with Gasteiger partial charge in [-0.1, -0.05) is 41.4 Å². The van der Waals surface area contributed by atoms with Gasteiger partial charge < -0.3 is 5.32 Å². The first-order valence-corrected chi connectivity index (χ1v) is 9.15. The average Bonchev–Trinajstić information content (AvgIpc) is 2.93. The summed E-state index contributed by atoms with van der Waals surface area (Å²) in [6, 6.07) is 16.3. The minimum atomic E-state index is -0.515. The van der Waals surface area contributed by atoms with Crippen molar-refractivity contribution < 1.29 is 4.79 Å². The van der Waals surface area contributed by atoms with E-state index in [1.54, 1.807) is 31.2 Å². The number of hydrogen-bond acceptors (Lipinski definition) is 3. The van der Waals surface area contributed by atoms with Crippen LogP contribution in [0.1, 0.15) is 16.8 Å². The van der Waals surface area contributed by atoms with Crippen LogP contribution in [0.15, 0.2) is 54.1 Å². The fourth-order valence-electron chi connectivity index (χ4n) is 2.67. The summed E-state index contributed by atoms with van der Waals surface area (Å²) in [5.41, 5.74) is 3.31. The number of carbonyl (C=O) groups is 1. The molecule has 1 N–H and O–H groups in total. The van der Waals surface area contributed by atoms with Crippen molar-refractivity contribution >= 4 is 40.9 Å². The fourth-order valence-corrected chi connectivity index (χ4v) is 3.18. The summed E-state index contributed by atoms with van der Waals surface area (Å²) in [6.07, 6.45) is 1.44. The zero-order valence-electron chi connectivity index (χ0n) is 15.2. The maximum Gasteiger partial charge on any atom is 0.266 e. The number of halogens is 2. The van der Waals surface area contributed by atoms with Crippen LogP contribution in [0, 0.1) is 25.2 Å². The highest BCUT2D eigenvalue weighted by atomic mass is 35.5. The van der Waals surface area contributed by atoms with E-state index in [0.717, 1.165) is 5.56 Å². The highest BCUT2D eigenvalue weighted by Crippen LogP contribution is 2.27. The molecule has 0 aliphatic heterocycles. The number of rotatable bonds is 4. The first kappa shape index (κ1) is 19.7. The molecule has 3 rings (SSSR count). The lowest BCUT2D eigenvalue weighted by molar-refractivity contribution is -0.112. The molecule has 5 nitrogen and oxygen atoms in total. The Morgan fingerprint density at radius 1 is 1.18 bits per heavy atom. The number of nitrogens with zero attached hydrogens (tertiary/aromatic N) is 3. The van der Waals surface area contributed by atoms with Gasteiger partial charge in [-0.3, -0.25) is 4.79 Å². The topological polar surface area (TPSA) is 70.7 Å². The second-order valence-corrected chi connectivity index (χ2v) is 6.97. The van der Waals surface area contributed by atoms with E-state index < -0.39 is 5.91 Å². The molecule has 0 radical (unpaired) electrons. The number of benzene rings is 2. The van der Waals surface area contributed by atoms with Crippen molar-refractivity contribution in [2.45, 2.75) is 13.8 Å². The molecule has 2 aromatic carbocycles. The zero-order chi connectivity index (χ0) is 20.3. The number of nitrogens with one attached hydrogen (secondary N) is 1. The molecular formula is C21H16Cl2N4O. The van der Waals surface area contributed by atoms with Crippen molar-refractivity contribution in [1.82, 2.24) is 9.78 Å². The van der Waals surface area contributed by atoms with Crippen LogP contribution in [0.3, 0.4) is 0 Å². The number of hydrogen-bond donors (Lipinski definition) is 1. The Hall–Kier alpha value is -3.07. The molecule has 0 fully saturated rings. The van der Waals surface area contributed by atoms with E-state index in [1.807, 2.05) is 37.3 Å². The van der Waals surface area contributed by atoms with E-state index >= 15 is 0 Å². The summed E-state index contributed by atoms with van der Waals surface area (Å²) in [6.45, 7) is 3.68. The molecule has 0 aliphatic carbocycles. The normalized spacial score (nSPS) is 11.2. The predicted molar refractivity (Wildman–Crippen MR) is 112 cm³/mol. The molecular weight excluding hydrogens is 395 g/mol. The first-order valence-electron chi connectivity index (χ1n) is 8.40. The van der Waals surface area contributed by atoms with Gasteiger partial charge in [-0.2, -0.15) is 10.4 Å². The van der Waals surface area contributed by atoms with Crippen molar-refractivity contribution in [2.24, 2.45) is 0 Å². The molecule has 0 bridgehead atoms. The Kier molecular flexibility index (Phi) is 5.84. The minimum absolute atomic E-state index is 0.0721. The summed E-state index contributed by atoms with van der Waals surface area (Å²) in [5.74, 6) is -0.515. The molecule has 3 aromatic rings. The van der Waals surface area contributed by atoms with E-state index in [2.05, 4.69) is 10.4 Å². The smallest absolute Gasteiger partial charge is 0.266 e. The quantitative estimate of drug-likeness (QED) is 0.465. The molecule has 1 amide bonds. The molecule has 28 heavy (non-hydrogen) atoms. The van der Waals surface area contributed by atoms with Crippen LogP contribution in [0.5, 0.6) is 0 Å². The molecule has 1 heterocycles. The Labute approximate surface area is 172 Å². The summed E-state index contributed by atoms with van der Waals surface area (Å²) in [7, 11) is 0. The molecule has 1 aromatic heterocycles. The zero-order valence-corrected chi connectivity index (χ0v) is 16.7. The standard InChI is InChI=1S/C21H16Cl2N4O/c1-13-5-3-7-17(9-13)25-21(28)15(12-24)10-19-14(2)26-27(20(19)23)18-8-4-6-16(22)11-18/h3-11H,1-2H3,(H,25,28)/b15-10+. The largest absolute Gasteiger partial charge is 0.321 e. The van der Waals surface area contributed by atoms with Crippen LogP contribution < -0.4 is 5.32 Å². The number of aromatic nitrogens is 2. The van der Waals surface area contributed by atoms with Gasteiger partial charge in [0.25, 0.3) is 5.91 Å². The SMILES string of the molecule is Cc1cccc(NC(=O)/C(C#N)=C/c2c(C)nn(-c3cccc(Cl)c3)c2Cl)c1. The monoisotopic (exact) mass is 410 g/mol. The molecule has 0 spiro atoms. The second kappa shape index (κ2) is 8.30. The second-order valence-electron chi connectivity index (χ2n) is 6.17. The molecule has 0 saturated heterocycles. The molecule has 0 atom stereocenters. The highest BCUT2D eigenvalue weighted by molar-refractivity contribution is 6.32. The van der Waals surface area contributed by atoms with Gasteiger partial charge in [-0.05, 0) is 55.8 Å². The first-order chi connectivity index (χ1) is 13.4. The van der Waals surface area contributed by atoms with E-state index in [0.29, 0.717) is 27.7 Å². The number of amides is 1. The molecule has 0 saturated carbocycles. The van der Waals surface area contributed by atoms with Crippen LogP contribution in [0.2, 0.25) is 10.2 Å². The minimum Gasteiger partial charge on any atom is -0.321 e. The molecule has 0 unspecified atom stereocenters. The predicted octanol–water partition coefficient (Wildman–Crippen LogP) is 5.34. The van der Waals surface area contributed by atoms with Crippen LogP contribution >= 0.6 is 23.2 Å². The van der Waals surface area contributed by atoms with E-state index in [-0.39, 0.29) is 10.7 Å². The third-order valence-electron chi connectivity index (χ3n) is 4.03. The van der Waals surface area contributed by atoms with Gasteiger partial charge in [-0.15, -0.1) is 0 Å². The van der Waals surface area contributed by atoms with Gasteiger partial charge in [0.15, 0.2) is 0 Å². The van der Waals surface area contributed by atoms with Gasteiger partial charge >= 0.3 is 0 Å². The van der Waals surface area contributed by atoms with Crippen molar-refractivity contribution in [1.29, 1.82) is 5.26 Å². The van der Waals surface area contributed by atoms with Crippen molar-refractivity contribution in [2.75, 3.05) is 5.32 Å². The Morgan fingerprint density at radius 3 is 2.61 bits per heavy atom. The van der Waals surface area contributed by atoms with Gasteiger partial charge in [0.2, 0.25) is 0 Å². The van der Waals surface area contributed by atoms with Gasteiger partial charge in [0, 0.05) is 16.3 Å². The van der Waals surface area contributed by atoms with Crippen molar-refractivity contribution in [3.05, 3.63) is 81.1 Å². The summed E-state index contributed by atoms with van der Waals surface area (Å²) in [5, 5.41) is 17.4. The maximum absolute atomic E-state index is 12.5. The lowest BCUT2D eigenvalue weighted by Gasteiger charge is -2.05. The van der Waals surface area contributed by atoms with Crippen molar-refractivity contribution in [3.63, 3.8) is 0 Å². The summed E-state index contributed by atoms with van der Waals surface area (Å²) < 4.78 is 1.52. The molecule has 140 valence electrons. The average molecular weight is 411 g/mol. The number of aryl methyl sites for hydroxylation is 2. The van der Waals surface area contributed by atoms with Gasteiger partial charge in [0.1, 0.15) is 16.8 Å². The number of anilines is 1. The maximum atomic E-state index is 12.5. The fraction of sp³-hybridized carbons (Fsp3) is 0.0952. The Balaban J connectivity index is 1.95. The molecule has 0 aliphatic rings. The third-order valence-corrected chi connectivity index (χ3v) is 4.63. The molecule has 7 heteroatoms. The van der Waals surface area contributed by atoms with E-state index in [4.69, 9.17) is 23.2 Å². The number of nitriles is 1. The van der Waals surface area contributed by atoms with E-state index in [1.165, 1.54) is 10.8 Å². The summed E-state index contributed by atoms with van der Waals surface area (Å²) in [4.78, 5) is 12.5. The highest BCUT2D eigenvalue weighted by Gasteiger charge is 2.17. The van der Waals surface area contributed by atoms with Crippen LogP contribution in [0.25, 0.3) is 11.8 Å². The Bertz CT molecular complexity index is 1130. The lowest BCUT2D eigenvalue weighted by Crippen LogP contribution is -2.13. The van der Waals surface area contributed by atoms with Crippen LogP contribution in [0.4, 0.5) is 5.69 Å². The lowest BCUT2D eigenvalue weighted by atomic mass is 10.1. The van der Waals surface area contributed by atoms with Crippen molar-refractivity contribution in [3.8, 4) is 11.8 Å². The third kappa shape index (κ3) is 4.25.